The second-order valence-electron chi connectivity index (χ2n) is 14.0. The van der Waals surface area contributed by atoms with Gasteiger partial charge in [-0.2, -0.15) is 0 Å². The highest BCUT2D eigenvalue weighted by molar-refractivity contribution is 9.10. The Morgan fingerprint density at radius 3 is 2.56 bits per heavy atom. The second-order valence-corrected chi connectivity index (χ2v) is 18.8. The van der Waals surface area contributed by atoms with Crippen LogP contribution in [0.4, 0.5) is 21.2 Å². The lowest BCUT2D eigenvalue weighted by atomic mass is 9.82. The molecule has 0 aliphatic carbocycles. The van der Waals surface area contributed by atoms with Crippen LogP contribution in [0.25, 0.3) is 0 Å². The number of unbranched alkanes of at least 4 members (excludes halogenated alkanes) is 1. The van der Waals surface area contributed by atoms with Crippen LogP contribution in [0.2, 0.25) is 18.6 Å². The second kappa shape index (κ2) is 14.8. The third kappa shape index (κ3) is 6.66. The number of hydrogen-bond donors (Lipinski definition) is 3. The Labute approximate surface area is 303 Å². The van der Waals surface area contributed by atoms with Crippen molar-refractivity contribution < 1.29 is 33.4 Å². The van der Waals surface area contributed by atoms with Gasteiger partial charge in [-0.25, -0.2) is 0 Å². The minimum absolute atomic E-state index is 0.0821. The highest BCUT2D eigenvalue weighted by atomic mass is 79.9. The normalized spacial score (nSPS) is 24.6. The quantitative estimate of drug-likeness (QED) is 0.103. The monoisotopic (exact) mass is 767 g/mol. The number of aliphatic hydroxyl groups excluding tert-OH is 2. The average Bonchev–Trinajstić information content (AvgIpc) is 3.49. The summed E-state index contributed by atoms with van der Waals surface area (Å²) in [4.78, 5) is 32.3. The first-order valence-electron chi connectivity index (χ1n) is 17.6. The summed E-state index contributed by atoms with van der Waals surface area (Å²) in [6.07, 6.45) is 1.58. The number of benzene rings is 3. The van der Waals surface area contributed by atoms with Crippen molar-refractivity contribution in [3.63, 3.8) is 0 Å². The fourth-order valence-electron chi connectivity index (χ4n) is 8.27. The van der Waals surface area contributed by atoms with Crippen LogP contribution in [0.5, 0.6) is 5.75 Å². The predicted molar refractivity (Wildman–Crippen MR) is 198 cm³/mol. The molecule has 3 aromatic rings. The van der Waals surface area contributed by atoms with Gasteiger partial charge in [0, 0.05) is 40.4 Å². The maximum Gasteiger partial charge on any atom is 0.264 e. The molecule has 6 rings (SSSR count). The van der Waals surface area contributed by atoms with Gasteiger partial charge >= 0.3 is 0 Å². The maximum atomic E-state index is 15.9. The lowest BCUT2D eigenvalue weighted by Gasteiger charge is -2.35. The molecule has 268 valence electrons. The van der Waals surface area contributed by atoms with Crippen LogP contribution in [-0.2, 0) is 32.9 Å². The zero-order chi connectivity index (χ0) is 35.8. The van der Waals surface area contributed by atoms with Crippen molar-refractivity contribution >= 4 is 53.2 Å². The van der Waals surface area contributed by atoms with E-state index in [9.17, 15) is 19.8 Å². The molecular weight excluding hydrogens is 721 g/mol. The number of ether oxygens (including phenoxy) is 2. The van der Waals surface area contributed by atoms with Gasteiger partial charge in [0.1, 0.15) is 5.75 Å². The lowest BCUT2D eigenvalue weighted by molar-refractivity contribution is -0.146. The van der Waals surface area contributed by atoms with Crippen molar-refractivity contribution in [3.05, 3.63) is 81.8 Å². The Kier molecular flexibility index (Phi) is 10.9. The van der Waals surface area contributed by atoms with Crippen LogP contribution < -0.4 is 19.9 Å². The van der Waals surface area contributed by atoms with Crippen LogP contribution in [-0.4, -0.2) is 68.9 Å². The standard InChI is InChI=1S/C38H47BrFN3O6Si/c1-5-48-29-12-14-32-26(20-29)21-31(41-16-6-7-17-44)36(46)43(32)28-10-8-9-25(19-28)23-42-33-13-11-27(39)22-30(33)38(37(42)47)24(2)35(50(3,4)40)34(49-38)15-18-45/h8-14,19-20,22,24,31,34-35,41,44-45H,5-7,15-18,21,23H2,1-4H3/t24-,31?,34+,35-,38+/m1/s1. The molecule has 0 radical (unpaired) electrons. The number of nitrogens with one attached hydrogen (secondary N) is 1. The minimum Gasteiger partial charge on any atom is -0.494 e. The molecular formula is C38H47BrFN3O6Si. The molecule has 1 fully saturated rings. The van der Waals surface area contributed by atoms with Crippen LogP contribution in [0.3, 0.4) is 0 Å². The SMILES string of the molecule is CCOc1ccc2c(c1)CC(NCCCCO)C(=O)N2c1cccc(CN2C(=O)[C@@]3(O[C@@H](CCO)[C@H]([Si](C)(C)F)[C@H]3C)c3cc(Br)ccc32)c1. The zero-order valence-corrected chi connectivity index (χ0v) is 31.7. The predicted octanol–water partition coefficient (Wildman–Crippen LogP) is 6.50. The fraction of sp³-hybridized carbons (Fsp3) is 0.474. The molecule has 9 nitrogen and oxygen atoms in total. The summed E-state index contributed by atoms with van der Waals surface area (Å²) in [6, 6.07) is 18.7. The van der Waals surface area contributed by atoms with Gasteiger partial charge < -0.3 is 34.0 Å². The highest BCUT2D eigenvalue weighted by Gasteiger charge is 2.66. The maximum absolute atomic E-state index is 15.9. The van der Waals surface area contributed by atoms with Crippen molar-refractivity contribution in [1.82, 2.24) is 5.32 Å². The van der Waals surface area contributed by atoms with E-state index in [1.807, 2.05) is 74.5 Å². The van der Waals surface area contributed by atoms with E-state index >= 15 is 4.11 Å². The summed E-state index contributed by atoms with van der Waals surface area (Å²) in [5, 5.41) is 22.5. The number of rotatable bonds is 13. The van der Waals surface area contributed by atoms with Gasteiger partial charge in [-0.15, -0.1) is 0 Å². The van der Waals surface area contributed by atoms with Crippen LogP contribution in [0.15, 0.2) is 65.1 Å². The fourth-order valence-corrected chi connectivity index (χ4v) is 11.2. The molecule has 3 aliphatic heterocycles. The van der Waals surface area contributed by atoms with E-state index < -0.39 is 37.6 Å². The smallest absolute Gasteiger partial charge is 0.264 e. The molecule has 12 heteroatoms. The molecule has 0 aromatic heterocycles. The summed E-state index contributed by atoms with van der Waals surface area (Å²) in [7, 11) is -3.31. The van der Waals surface area contributed by atoms with Crippen molar-refractivity contribution in [2.45, 2.75) is 82.5 Å². The Bertz CT molecular complexity index is 1740. The van der Waals surface area contributed by atoms with Crippen LogP contribution in [0.1, 0.15) is 49.8 Å². The molecule has 3 N–H and O–H groups in total. The van der Waals surface area contributed by atoms with Gasteiger partial charge in [0.15, 0.2) is 5.60 Å². The van der Waals surface area contributed by atoms with Gasteiger partial charge in [-0.05, 0) is 112 Å². The van der Waals surface area contributed by atoms with Crippen molar-refractivity contribution in [3.8, 4) is 5.75 Å². The van der Waals surface area contributed by atoms with Crippen molar-refractivity contribution in [2.75, 3.05) is 36.2 Å². The first-order chi connectivity index (χ1) is 23.9. The molecule has 0 bridgehead atoms. The Morgan fingerprint density at radius 1 is 1.06 bits per heavy atom. The number of aliphatic hydroxyl groups is 2. The number of fused-ring (bicyclic) bond motifs is 3. The van der Waals surface area contributed by atoms with E-state index in [1.165, 1.54) is 0 Å². The average molecular weight is 769 g/mol. The first-order valence-corrected chi connectivity index (χ1v) is 21.3. The number of anilines is 3. The van der Waals surface area contributed by atoms with E-state index in [0.717, 1.165) is 33.5 Å². The van der Waals surface area contributed by atoms with Gasteiger partial charge in [0.25, 0.3) is 5.91 Å². The van der Waals surface area contributed by atoms with E-state index in [4.69, 9.17) is 9.47 Å². The number of nitrogens with zero attached hydrogens (tertiary/aromatic N) is 2. The largest absolute Gasteiger partial charge is 0.494 e. The summed E-state index contributed by atoms with van der Waals surface area (Å²) in [6.45, 7) is 8.44. The van der Waals surface area contributed by atoms with Gasteiger partial charge in [-0.1, -0.05) is 35.0 Å². The molecule has 0 saturated carbocycles. The number of hydrogen-bond acceptors (Lipinski definition) is 7. The number of amides is 2. The van der Waals surface area contributed by atoms with E-state index in [1.54, 1.807) is 22.9 Å². The van der Waals surface area contributed by atoms with E-state index in [-0.39, 0.29) is 38.0 Å². The third-order valence-electron chi connectivity index (χ3n) is 10.4. The Hall–Kier alpha value is -3.13. The van der Waals surface area contributed by atoms with Crippen LogP contribution in [0, 0.1) is 5.92 Å². The lowest BCUT2D eigenvalue weighted by Crippen LogP contribution is -2.49. The number of carbonyl (C=O) groups is 2. The molecule has 3 heterocycles. The summed E-state index contributed by atoms with van der Waals surface area (Å²) in [5.41, 5.74) is 2.79. The van der Waals surface area contributed by atoms with E-state index in [0.29, 0.717) is 42.9 Å². The molecule has 2 amide bonds. The summed E-state index contributed by atoms with van der Waals surface area (Å²) < 4.78 is 29.2. The van der Waals surface area contributed by atoms with Crippen molar-refractivity contribution in [1.29, 1.82) is 0 Å². The summed E-state index contributed by atoms with van der Waals surface area (Å²) >= 11 is 3.58. The molecule has 3 aliphatic rings. The van der Waals surface area contributed by atoms with Gasteiger partial charge in [-0.3, -0.25) is 14.5 Å². The topological polar surface area (TPSA) is 112 Å². The molecule has 3 aromatic carbocycles. The third-order valence-corrected chi connectivity index (χ3v) is 13.3. The Balaban J connectivity index is 1.35. The minimum atomic E-state index is -3.31. The molecule has 1 spiro atoms. The van der Waals surface area contributed by atoms with Crippen LogP contribution >= 0.6 is 15.9 Å². The van der Waals surface area contributed by atoms with E-state index in [2.05, 4.69) is 21.2 Å². The molecule has 50 heavy (non-hydrogen) atoms. The first kappa shape index (κ1) is 36.7. The van der Waals surface area contributed by atoms with Gasteiger partial charge in [0.05, 0.1) is 36.7 Å². The molecule has 1 unspecified atom stereocenters. The van der Waals surface area contributed by atoms with Crippen molar-refractivity contribution in [2.24, 2.45) is 5.92 Å². The number of halogens is 2. The zero-order valence-electron chi connectivity index (χ0n) is 29.1. The highest BCUT2D eigenvalue weighted by Crippen LogP contribution is 2.60. The molecule has 1 saturated heterocycles. The number of carbonyl (C=O) groups excluding carboxylic acids is 2. The summed E-state index contributed by atoms with van der Waals surface area (Å²) in [5.74, 6) is -0.0391. The molecule has 5 atom stereocenters. The Morgan fingerprint density at radius 2 is 1.84 bits per heavy atom. The van der Waals surface area contributed by atoms with Gasteiger partial charge in [0.2, 0.25) is 14.3 Å².